The average Bonchev–Trinajstić information content (AvgIpc) is 3.72. The molecule has 1 aromatic heterocycles. The van der Waals surface area contributed by atoms with Crippen molar-refractivity contribution in [1.29, 1.82) is 0 Å². The minimum atomic E-state index is -0.374. The molecular formula is C32H24BrClN2O4S2. The van der Waals surface area contributed by atoms with Crippen molar-refractivity contribution < 1.29 is 14.3 Å². The largest absolute Gasteiger partial charge is 0.489 e. The fraction of sp³-hybridized carbons (Fsp3) is 0.281. The first-order valence-electron chi connectivity index (χ1n) is 13.9. The first-order valence-corrected chi connectivity index (χ1v) is 16.7. The van der Waals surface area contributed by atoms with Crippen molar-refractivity contribution >= 4 is 68.1 Å². The lowest BCUT2D eigenvalue weighted by Crippen LogP contribution is -2.42. The molecule has 2 amide bonds. The van der Waals surface area contributed by atoms with E-state index in [4.69, 9.17) is 16.3 Å². The van der Waals surface area contributed by atoms with Gasteiger partial charge in [0.25, 0.3) is 0 Å². The minimum absolute atomic E-state index is 0.00528. The summed E-state index contributed by atoms with van der Waals surface area (Å²) in [6.07, 6.45) is 0.819. The summed E-state index contributed by atoms with van der Waals surface area (Å²) < 4.78 is 7.30. The van der Waals surface area contributed by atoms with Gasteiger partial charge in [-0.2, -0.15) is 0 Å². The van der Waals surface area contributed by atoms with Gasteiger partial charge in [0.05, 0.1) is 22.5 Å². The zero-order chi connectivity index (χ0) is 28.7. The standard InChI is InChI=1S/C32H24BrClN2O4S2/c33-16-6-9-18(10-7-16)36-30(37)25-20-13-21(26(25)31(36)38)27-24(20)23(28-29(41-27)35-32(39)42-28)19-12-17(34)8-11-22(19)40-14-15-4-2-1-3-5-15/h1-12,20-21,23-27H,13-14H2,(H,35,39)/t20-,21-,23+,24+,25+,26+,27-/m1/s1. The number of hydrogen-bond donors (Lipinski definition) is 1. The number of nitrogens with one attached hydrogen (secondary N) is 1. The number of hydrogen-bond acceptors (Lipinski definition) is 6. The fourth-order valence-electron chi connectivity index (χ4n) is 7.84. The summed E-state index contributed by atoms with van der Waals surface area (Å²) in [5.41, 5.74) is 2.59. The number of thiazole rings is 1. The molecule has 3 fully saturated rings. The van der Waals surface area contributed by atoms with E-state index in [1.165, 1.54) is 16.2 Å². The number of amides is 2. The van der Waals surface area contributed by atoms with Crippen LogP contribution in [-0.2, 0) is 16.2 Å². The molecule has 1 N–H and O–H groups in total. The monoisotopic (exact) mass is 678 g/mol. The predicted molar refractivity (Wildman–Crippen MR) is 167 cm³/mol. The van der Waals surface area contributed by atoms with Crippen LogP contribution in [0.1, 0.15) is 28.3 Å². The molecular weight excluding hydrogens is 656 g/mol. The highest BCUT2D eigenvalue weighted by Crippen LogP contribution is 2.69. The van der Waals surface area contributed by atoms with Crippen LogP contribution in [0.5, 0.6) is 5.75 Å². The highest BCUT2D eigenvalue weighted by molar-refractivity contribution is 9.10. The predicted octanol–water partition coefficient (Wildman–Crippen LogP) is 7.11. The number of thioether (sulfide) groups is 1. The lowest BCUT2D eigenvalue weighted by Gasteiger charge is -2.43. The van der Waals surface area contributed by atoms with Crippen molar-refractivity contribution in [3.8, 4) is 5.75 Å². The number of benzene rings is 3. The minimum Gasteiger partial charge on any atom is -0.489 e. The van der Waals surface area contributed by atoms with Gasteiger partial charge >= 0.3 is 4.87 Å². The van der Waals surface area contributed by atoms with Crippen molar-refractivity contribution in [1.82, 2.24) is 4.98 Å². The van der Waals surface area contributed by atoms with Gasteiger partial charge in [-0.3, -0.25) is 19.3 Å². The quantitative estimate of drug-likeness (QED) is 0.228. The number of ether oxygens (including phenoxy) is 1. The van der Waals surface area contributed by atoms with E-state index in [1.807, 2.05) is 72.8 Å². The number of carbonyl (C=O) groups excluding carboxylic acids is 2. The summed E-state index contributed by atoms with van der Waals surface area (Å²) >= 11 is 12.9. The highest BCUT2D eigenvalue weighted by atomic mass is 79.9. The molecule has 2 saturated carbocycles. The van der Waals surface area contributed by atoms with E-state index in [1.54, 1.807) is 11.8 Å². The Bertz CT molecular complexity index is 1790. The Kier molecular flexibility index (Phi) is 6.44. The summed E-state index contributed by atoms with van der Waals surface area (Å²) in [5.74, 6) is -0.294. The maximum absolute atomic E-state index is 14.0. The maximum atomic E-state index is 14.0. The molecule has 4 aliphatic rings. The Balaban J connectivity index is 1.21. The molecule has 10 heteroatoms. The van der Waals surface area contributed by atoms with Crippen LogP contribution in [0.2, 0.25) is 5.02 Å². The van der Waals surface area contributed by atoms with E-state index in [-0.39, 0.29) is 57.4 Å². The van der Waals surface area contributed by atoms with Crippen molar-refractivity contribution in [3.63, 3.8) is 0 Å². The van der Waals surface area contributed by atoms with Gasteiger partial charge in [-0.25, -0.2) is 0 Å². The van der Waals surface area contributed by atoms with E-state index >= 15 is 0 Å². The third-order valence-corrected chi connectivity index (χ3v) is 12.7. The molecule has 3 aromatic carbocycles. The normalized spacial score (nSPS) is 29.0. The van der Waals surface area contributed by atoms with Crippen LogP contribution in [0.15, 0.2) is 87.1 Å². The van der Waals surface area contributed by atoms with E-state index < -0.39 is 0 Å². The first-order chi connectivity index (χ1) is 20.4. The second-order valence-corrected chi connectivity index (χ2v) is 15.0. The van der Waals surface area contributed by atoms with Gasteiger partial charge in [-0.15, -0.1) is 11.8 Å². The molecule has 42 heavy (non-hydrogen) atoms. The maximum Gasteiger partial charge on any atom is 0.305 e. The van der Waals surface area contributed by atoms with Gasteiger partial charge in [-0.1, -0.05) is 69.2 Å². The lowest BCUT2D eigenvalue weighted by atomic mass is 9.68. The topological polar surface area (TPSA) is 79.5 Å². The van der Waals surface area contributed by atoms with E-state index in [9.17, 15) is 14.4 Å². The SMILES string of the molecule is O=C1[C@H]2[C@H]3C[C@@H]([C@@H]2C(=O)N1c1ccc(Br)cc1)[C@H]1[C@H](c2cc(Cl)ccc2OCc2ccccc2)c2sc(=O)[nH]c2S[C@H]31. The Morgan fingerprint density at radius 2 is 1.69 bits per heavy atom. The Morgan fingerprint density at radius 1 is 0.952 bits per heavy atom. The molecule has 0 radical (unpaired) electrons. The van der Waals surface area contributed by atoms with Crippen molar-refractivity contribution in [2.24, 2.45) is 29.6 Å². The number of rotatable bonds is 5. The molecule has 0 unspecified atom stereocenters. The van der Waals surface area contributed by atoms with E-state index in [0.717, 1.165) is 37.7 Å². The summed E-state index contributed by atoms with van der Waals surface area (Å²) in [7, 11) is 0. The molecule has 212 valence electrons. The summed E-state index contributed by atoms with van der Waals surface area (Å²) in [5, 5.41) is 1.53. The van der Waals surface area contributed by atoms with Gasteiger partial charge in [0, 0.05) is 31.1 Å². The van der Waals surface area contributed by atoms with Gasteiger partial charge in [0.2, 0.25) is 11.8 Å². The van der Waals surface area contributed by atoms with Crippen LogP contribution >= 0.6 is 50.6 Å². The van der Waals surface area contributed by atoms with Gasteiger partial charge in [0.1, 0.15) is 12.4 Å². The van der Waals surface area contributed by atoms with Crippen LogP contribution in [0, 0.1) is 29.6 Å². The smallest absolute Gasteiger partial charge is 0.305 e. The molecule has 4 aromatic rings. The van der Waals surface area contributed by atoms with Crippen LogP contribution in [0.25, 0.3) is 0 Å². The van der Waals surface area contributed by atoms with Crippen LogP contribution < -0.4 is 14.5 Å². The molecule has 2 aliphatic heterocycles. The average molecular weight is 680 g/mol. The number of nitrogens with zero attached hydrogens (tertiary/aromatic N) is 1. The summed E-state index contributed by atoms with van der Waals surface area (Å²) in [4.78, 5) is 45.9. The van der Waals surface area contributed by atoms with Gasteiger partial charge in [-0.05, 0) is 72.2 Å². The fourth-order valence-corrected chi connectivity index (χ4v) is 11.2. The van der Waals surface area contributed by atoms with Gasteiger partial charge in [0.15, 0.2) is 0 Å². The zero-order valence-corrected chi connectivity index (χ0v) is 26.0. The number of halogens is 2. The number of anilines is 1. The molecule has 8 rings (SSSR count). The second-order valence-electron chi connectivity index (χ2n) is 11.4. The highest BCUT2D eigenvalue weighted by Gasteiger charge is 2.69. The lowest BCUT2D eigenvalue weighted by molar-refractivity contribution is -0.123. The number of fused-ring (bicyclic) bond motifs is 9. The molecule has 2 aliphatic carbocycles. The third kappa shape index (κ3) is 4.08. The van der Waals surface area contributed by atoms with Gasteiger partial charge < -0.3 is 9.72 Å². The Labute approximate surface area is 263 Å². The molecule has 3 heterocycles. The molecule has 0 spiro atoms. The van der Waals surface area contributed by atoms with Crippen molar-refractivity contribution in [2.45, 2.75) is 29.2 Å². The zero-order valence-electron chi connectivity index (χ0n) is 22.0. The first kappa shape index (κ1) is 26.8. The molecule has 6 nitrogen and oxygen atoms in total. The van der Waals surface area contributed by atoms with Crippen LogP contribution in [0.4, 0.5) is 5.69 Å². The number of aromatic amines is 1. The van der Waals surface area contributed by atoms with Crippen molar-refractivity contribution in [3.05, 3.63) is 108 Å². The second kappa shape index (κ2) is 10.1. The molecule has 1 saturated heterocycles. The van der Waals surface area contributed by atoms with Crippen molar-refractivity contribution in [2.75, 3.05) is 4.90 Å². The summed E-state index contributed by atoms with van der Waals surface area (Å²) in [6, 6.07) is 23.0. The number of imide groups is 1. The van der Waals surface area contributed by atoms with E-state index in [2.05, 4.69) is 20.9 Å². The molecule has 2 bridgehead atoms. The van der Waals surface area contributed by atoms with Crippen LogP contribution in [0.3, 0.4) is 0 Å². The molecule has 7 atom stereocenters. The Morgan fingerprint density at radius 3 is 2.45 bits per heavy atom. The van der Waals surface area contributed by atoms with Crippen LogP contribution in [-0.4, -0.2) is 22.0 Å². The Hall–Kier alpha value is -2.85. The number of aromatic nitrogens is 1. The number of H-pyrrole nitrogens is 1. The summed E-state index contributed by atoms with van der Waals surface area (Å²) in [6.45, 7) is 0.396. The van der Waals surface area contributed by atoms with E-state index in [0.29, 0.717) is 17.3 Å². The number of carbonyl (C=O) groups is 2. The third-order valence-electron chi connectivity index (χ3n) is 9.35.